The van der Waals surface area contributed by atoms with E-state index in [1.807, 2.05) is 50.3 Å². The van der Waals surface area contributed by atoms with Crippen molar-refractivity contribution in [2.24, 2.45) is 5.92 Å². The number of halogens is 1. The Morgan fingerprint density at radius 1 is 1.21 bits per heavy atom. The lowest BCUT2D eigenvalue weighted by Gasteiger charge is -2.44. The number of nitrogens with zero attached hydrogens (tertiary/aromatic N) is 1. The zero-order chi connectivity index (χ0) is 28.9. The number of hydrogen-bond donors (Lipinski definition) is 2. The molecule has 5 atom stereocenters. The highest BCUT2D eigenvalue weighted by Crippen LogP contribution is 2.37. The number of benzene rings is 1. The molecule has 1 aromatic carbocycles. The topological polar surface area (TPSA) is 107 Å². The van der Waals surface area contributed by atoms with Crippen molar-refractivity contribution >= 4 is 29.3 Å². The molecular weight excluding hydrogens is 524 g/mol. The van der Waals surface area contributed by atoms with Gasteiger partial charge in [-0.3, -0.25) is 10.1 Å². The summed E-state index contributed by atoms with van der Waals surface area (Å²) >= 11 is 6.58. The fourth-order valence-electron chi connectivity index (χ4n) is 4.95. The number of hydrogen-bond acceptors (Lipinski definition) is 7. The van der Waals surface area contributed by atoms with Crippen LogP contribution in [0, 0.1) is 5.92 Å². The van der Waals surface area contributed by atoms with E-state index in [0.717, 1.165) is 11.1 Å². The van der Waals surface area contributed by atoms with Crippen molar-refractivity contribution in [1.29, 1.82) is 0 Å². The monoisotopic (exact) mass is 562 g/mol. The van der Waals surface area contributed by atoms with E-state index < -0.39 is 30.1 Å². The molecule has 2 aliphatic rings. The molecule has 0 aliphatic carbocycles. The maximum absolute atomic E-state index is 13.2. The normalized spacial score (nSPS) is 32.3. The Hall–Kier alpha value is -2.85. The maximum Gasteiger partial charge on any atom is 0.409 e. The summed E-state index contributed by atoms with van der Waals surface area (Å²) in [7, 11) is 6.22. The summed E-state index contributed by atoms with van der Waals surface area (Å²) in [5.41, 5.74) is 1.83. The minimum Gasteiger partial charge on any atom is -0.495 e. The standard InChI is InChI=1S/C29H39ClN2O7/c1-17-9-8-10-25(37-6)29(38-7)16-24(39-28(35)31-29)19(3)12-18(2)22(33)15-26(34)32(4)21-13-20(11-17)14-23(36-5)27(21)30/h8-10,12-14,19,22,24-25,33H,11,15-16H2,1-7H3,(H,31,35)/b10-8+,17-9-,18-12-. The first-order valence-electron chi connectivity index (χ1n) is 12.8. The molecule has 10 heteroatoms. The molecule has 214 valence electrons. The SMILES string of the molecule is COc1cc2cc(c1Cl)N(C)C(=O)CC(O)/C(C)=C\C(C)C1CC(OC)(NC(=O)O1)C(OC)/C=C/C=C(/C)C2. The highest BCUT2D eigenvalue weighted by atomic mass is 35.5. The van der Waals surface area contributed by atoms with Crippen LogP contribution in [0.1, 0.15) is 39.2 Å². The second-order valence-electron chi connectivity index (χ2n) is 10.2. The van der Waals surface area contributed by atoms with Crippen molar-refractivity contribution < 1.29 is 33.6 Å². The highest BCUT2D eigenvalue weighted by Gasteiger charge is 2.47. The van der Waals surface area contributed by atoms with E-state index in [1.165, 1.54) is 19.1 Å². The van der Waals surface area contributed by atoms with Crippen LogP contribution in [0.15, 0.2) is 47.6 Å². The zero-order valence-corrected chi connectivity index (χ0v) is 24.4. The first-order valence-corrected chi connectivity index (χ1v) is 13.2. The minimum absolute atomic E-state index is 0.156. The molecule has 39 heavy (non-hydrogen) atoms. The fourth-order valence-corrected chi connectivity index (χ4v) is 5.27. The molecule has 1 aromatic rings. The van der Waals surface area contributed by atoms with Gasteiger partial charge in [-0.2, -0.15) is 0 Å². The molecule has 2 aliphatic heterocycles. The fraction of sp³-hybridized carbons (Fsp3) is 0.517. The Balaban J connectivity index is 2.10. The van der Waals surface area contributed by atoms with Crippen LogP contribution in [0.2, 0.25) is 5.02 Å². The average Bonchev–Trinajstić information content (AvgIpc) is 2.90. The third-order valence-corrected chi connectivity index (χ3v) is 7.72. The number of carbonyl (C=O) groups excluding carboxylic acids is 2. The largest absolute Gasteiger partial charge is 0.495 e. The molecule has 0 radical (unpaired) electrons. The van der Waals surface area contributed by atoms with Crippen molar-refractivity contribution in [3.05, 3.63) is 58.2 Å². The Morgan fingerprint density at radius 2 is 1.92 bits per heavy atom. The molecule has 5 unspecified atom stereocenters. The van der Waals surface area contributed by atoms with Crippen LogP contribution in [-0.4, -0.2) is 69.5 Å². The van der Waals surface area contributed by atoms with Crippen molar-refractivity contribution in [1.82, 2.24) is 5.32 Å². The van der Waals surface area contributed by atoms with E-state index in [2.05, 4.69) is 5.32 Å². The molecule has 3 rings (SSSR count). The van der Waals surface area contributed by atoms with Crippen molar-refractivity contribution in [3.63, 3.8) is 0 Å². The summed E-state index contributed by atoms with van der Waals surface area (Å²) < 4.78 is 22.7. The van der Waals surface area contributed by atoms with Gasteiger partial charge in [0.15, 0.2) is 5.72 Å². The summed E-state index contributed by atoms with van der Waals surface area (Å²) in [5, 5.41) is 14.0. The van der Waals surface area contributed by atoms with Gasteiger partial charge in [-0.15, -0.1) is 0 Å². The number of anilines is 1. The first-order chi connectivity index (χ1) is 18.4. The van der Waals surface area contributed by atoms with Crippen molar-refractivity contribution in [3.8, 4) is 5.75 Å². The van der Waals surface area contributed by atoms with E-state index in [4.69, 9.17) is 30.5 Å². The number of carbonyl (C=O) groups is 2. The quantitative estimate of drug-likeness (QED) is 0.520. The lowest BCUT2D eigenvalue weighted by atomic mass is 9.88. The number of rotatable bonds is 3. The van der Waals surface area contributed by atoms with E-state index >= 15 is 0 Å². The molecule has 2 amide bonds. The number of allylic oxidation sites excluding steroid dienone is 3. The summed E-state index contributed by atoms with van der Waals surface area (Å²) in [6.45, 7) is 5.61. The molecule has 0 spiro atoms. The predicted molar refractivity (Wildman–Crippen MR) is 150 cm³/mol. The Kier molecular flexibility index (Phi) is 10.2. The van der Waals surface area contributed by atoms with Gasteiger partial charge in [0.25, 0.3) is 0 Å². The molecular formula is C29H39ClN2O7. The van der Waals surface area contributed by atoms with Gasteiger partial charge in [-0.05, 0) is 43.5 Å². The van der Waals surface area contributed by atoms with Gasteiger partial charge in [0.05, 0.1) is 25.3 Å². The number of methoxy groups -OCH3 is 3. The number of aliphatic hydroxyl groups is 1. The van der Waals surface area contributed by atoms with Crippen molar-refractivity contribution in [2.75, 3.05) is 33.3 Å². The maximum atomic E-state index is 13.2. The molecule has 4 bridgehead atoms. The van der Waals surface area contributed by atoms with Gasteiger partial charge in [0, 0.05) is 33.6 Å². The summed E-state index contributed by atoms with van der Waals surface area (Å²) in [5.74, 6) is -0.145. The average molecular weight is 563 g/mol. The van der Waals surface area contributed by atoms with Crippen LogP contribution in [0.25, 0.3) is 0 Å². The van der Waals surface area contributed by atoms with E-state index in [-0.39, 0.29) is 18.2 Å². The number of alkyl carbamates (subject to hydrolysis) is 1. The van der Waals surface area contributed by atoms with Gasteiger partial charge in [-0.25, -0.2) is 4.79 Å². The van der Waals surface area contributed by atoms with Gasteiger partial charge >= 0.3 is 6.09 Å². The van der Waals surface area contributed by atoms with Gasteiger partial charge < -0.3 is 29.0 Å². The highest BCUT2D eigenvalue weighted by molar-refractivity contribution is 6.35. The number of nitrogens with one attached hydrogen (secondary N) is 1. The smallest absolute Gasteiger partial charge is 0.409 e. The summed E-state index contributed by atoms with van der Waals surface area (Å²) in [6, 6.07) is 3.69. The summed E-state index contributed by atoms with van der Waals surface area (Å²) in [6.07, 6.45) is 5.33. The van der Waals surface area contributed by atoms with Crippen LogP contribution in [0.5, 0.6) is 5.75 Å². The molecule has 0 saturated carbocycles. The second-order valence-corrected chi connectivity index (χ2v) is 10.5. The lowest BCUT2D eigenvalue weighted by Crippen LogP contribution is -2.64. The van der Waals surface area contributed by atoms with E-state index in [0.29, 0.717) is 34.9 Å². The minimum atomic E-state index is -1.17. The second kappa shape index (κ2) is 13.0. The van der Waals surface area contributed by atoms with Crippen LogP contribution in [-0.2, 0) is 25.4 Å². The number of aliphatic hydroxyl groups excluding tert-OH is 1. The zero-order valence-electron chi connectivity index (χ0n) is 23.6. The molecule has 1 fully saturated rings. The molecule has 0 aromatic heterocycles. The predicted octanol–water partition coefficient (Wildman–Crippen LogP) is 4.56. The Morgan fingerprint density at radius 3 is 2.56 bits per heavy atom. The number of amides is 2. The number of fused-ring (bicyclic) bond motifs is 4. The summed E-state index contributed by atoms with van der Waals surface area (Å²) in [4.78, 5) is 27.2. The van der Waals surface area contributed by atoms with Gasteiger partial charge in [0.2, 0.25) is 5.91 Å². The van der Waals surface area contributed by atoms with Gasteiger partial charge in [-0.1, -0.05) is 48.4 Å². The van der Waals surface area contributed by atoms with Crippen molar-refractivity contribution in [2.45, 2.75) is 64.1 Å². The lowest BCUT2D eigenvalue weighted by molar-refractivity contribution is -0.157. The third kappa shape index (κ3) is 7.03. The van der Waals surface area contributed by atoms with Crippen LogP contribution in [0.3, 0.4) is 0 Å². The van der Waals surface area contributed by atoms with Gasteiger partial charge in [0.1, 0.15) is 23.0 Å². The van der Waals surface area contributed by atoms with Crippen LogP contribution in [0.4, 0.5) is 10.5 Å². The van der Waals surface area contributed by atoms with E-state index in [9.17, 15) is 14.7 Å². The Bertz CT molecular complexity index is 1160. The number of ether oxygens (including phenoxy) is 4. The molecule has 2 N–H and O–H groups in total. The van der Waals surface area contributed by atoms with E-state index in [1.54, 1.807) is 21.1 Å². The molecule has 2 heterocycles. The van der Waals surface area contributed by atoms with Crippen LogP contribution < -0.4 is 15.0 Å². The molecule has 9 nitrogen and oxygen atoms in total. The Labute approximate surface area is 235 Å². The molecule has 1 saturated heterocycles. The third-order valence-electron chi connectivity index (χ3n) is 7.34. The first kappa shape index (κ1) is 30.7. The van der Waals surface area contributed by atoms with Crippen LogP contribution >= 0.6 is 11.6 Å².